The van der Waals surface area contributed by atoms with Crippen molar-refractivity contribution >= 4 is 5.97 Å². The van der Waals surface area contributed by atoms with Crippen LogP contribution in [0.4, 0.5) is 0 Å². The van der Waals surface area contributed by atoms with Gasteiger partial charge in [-0.05, 0) is 27.7 Å². The molecule has 6 unspecified atom stereocenters. The Morgan fingerprint density at radius 3 is 2.55 bits per heavy atom. The lowest BCUT2D eigenvalue weighted by atomic mass is 9.66. The summed E-state index contributed by atoms with van der Waals surface area (Å²) >= 11 is 0. The van der Waals surface area contributed by atoms with Crippen molar-refractivity contribution in [2.75, 3.05) is 0 Å². The second-order valence-electron chi connectivity index (χ2n) is 7.06. The number of rotatable bonds is 3. The van der Waals surface area contributed by atoms with E-state index in [9.17, 15) is 9.90 Å². The van der Waals surface area contributed by atoms with Crippen molar-refractivity contribution in [3.05, 3.63) is 12.7 Å². The first-order chi connectivity index (χ1) is 9.16. The van der Waals surface area contributed by atoms with E-state index >= 15 is 0 Å². The van der Waals surface area contributed by atoms with Crippen LogP contribution in [0.15, 0.2) is 12.7 Å². The predicted octanol–water partition coefficient (Wildman–Crippen LogP) is 1.05. The number of carbonyl (C=O) groups excluding carboxylic acids is 1. The van der Waals surface area contributed by atoms with Gasteiger partial charge in [0.2, 0.25) is 0 Å². The van der Waals surface area contributed by atoms with Gasteiger partial charge < -0.3 is 19.3 Å². The molecule has 0 aromatic carbocycles. The first-order valence-corrected chi connectivity index (χ1v) is 7.05. The molecule has 3 aliphatic heterocycles. The number of aliphatic hydroxyl groups is 1. The number of carbonyl (C=O) groups is 1. The first kappa shape index (κ1) is 14.0. The molecule has 0 spiro atoms. The van der Waals surface area contributed by atoms with Crippen LogP contribution in [0.1, 0.15) is 27.7 Å². The molecule has 112 valence electrons. The second kappa shape index (κ2) is 4.06. The average Bonchev–Trinajstić information content (AvgIpc) is 2.89. The fourth-order valence-corrected chi connectivity index (χ4v) is 4.25. The Labute approximate surface area is 118 Å². The van der Waals surface area contributed by atoms with E-state index in [1.165, 1.54) is 0 Å². The summed E-state index contributed by atoms with van der Waals surface area (Å²) in [5, 5.41) is 10.5. The lowest BCUT2D eigenvalue weighted by molar-refractivity contribution is -0.155. The van der Waals surface area contributed by atoms with Crippen LogP contribution < -0.4 is 0 Å². The zero-order chi connectivity index (χ0) is 14.9. The Hall–Kier alpha value is -0.910. The van der Waals surface area contributed by atoms with Crippen LogP contribution in [0.3, 0.4) is 0 Å². The Kier molecular flexibility index (Phi) is 2.85. The van der Waals surface area contributed by atoms with Gasteiger partial charge in [0, 0.05) is 17.9 Å². The van der Waals surface area contributed by atoms with Gasteiger partial charge in [0.1, 0.15) is 12.2 Å². The van der Waals surface area contributed by atoms with E-state index in [0.29, 0.717) is 0 Å². The lowest BCUT2D eigenvalue weighted by Crippen LogP contribution is -2.53. The number of hydrogen-bond donors (Lipinski definition) is 1. The molecule has 0 amide bonds. The smallest absolute Gasteiger partial charge is 0.330 e. The number of hydrogen-bond acceptors (Lipinski definition) is 5. The monoisotopic (exact) mass is 282 g/mol. The third-order valence-electron chi connectivity index (χ3n) is 4.86. The molecule has 3 aliphatic rings. The molecular weight excluding hydrogens is 260 g/mol. The van der Waals surface area contributed by atoms with Gasteiger partial charge >= 0.3 is 5.97 Å². The fraction of sp³-hybridized carbons (Fsp3) is 0.800. The first-order valence-electron chi connectivity index (χ1n) is 7.05. The van der Waals surface area contributed by atoms with Gasteiger partial charge in [-0.2, -0.15) is 0 Å². The summed E-state index contributed by atoms with van der Waals surface area (Å²) < 4.78 is 17.5. The van der Waals surface area contributed by atoms with Gasteiger partial charge in [0.25, 0.3) is 0 Å². The number of fused-ring (bicyclic) bond motifs is 1. The van der Waals surface area contributed by atoms with Crippen molar-refractivity contribution in [2.45, 2.75) is 63.3 Å². The van der Waals surface area contributed by atoms with Crippen LogP contribution >= 0.6 is 0 Å². The molecule has 6 atom stereocenters. The van der Waals surface area contributed by atoms with Crippen molar-refractivity contribution in [3.8, 4) is 0 Å². The highest BCUT2D eigenvalue weighted by Crippen LogP contribution is 2.59. The van der Waals surface area contributed by atoms with E-state index in [2.05, 4.69) is 6.58 Å². The highest BCUT2D eigenvalue weighted by Gasteiger charge is 2.72. The van der Waals surface area contributed by atoms with Crippen LogP contribution in [0.2, 0.25) is 0 Å². The summed E-state index contributed by atoms with van der Waals surface area (Å²) in [4.78, 5) is 11.5. The lowest BCUT2D eigenvalue weighted by Gasteiger charge is -2.39. The predicted molar refractivity (Wildman–Crippen MR) is 71.0 cm³/mol. The zero-order valence-corrected chi connectivity index (χ0v) is 12.3. The molecule has 3 rings (SSSR count). The zero-order valence-electron chi connectivity index (χ0n) is 12.3. The maximum absolute atomic E-state index is 11.5. The van der Waals surface area contributed by atoms with Crippen molar-refractivity contribution in [1.82, 2.24) is 0 Å². The third kappa shape index (κ3) is 1.76. The average molecular weight is 282 g/mol. The largest absolute Gasteiger partial charge is 0.454 e. The molecule has 3 saturated heterocycles. The van der Waals surface area contributed by atoms with E-state index in [0.717, 1.165) is 6.08 Å². The second-order valence-corrected chi connectivity index (χ2v) is 7.06. The normalized spacial score (nSPS) is 44.6. The van der Waals surface area contributed by atoms with Gasteiger partial charge in [-0.3, -0.25) is 0 Å². The minimum Gasteiger partial charge on any atom is -0.454 e. The van der Waals surface area contributed by atoms with Crippen LogP contribution in [0.5, 0.6) is 0 Å². The van der Waals surface area contributed by atoms with E-state index < -0.39 is 23.3 Å². The Morgan fingerprint density at radius 2 is 2.00 bits per heavy atom. The molecule has 3 heterocycles. The Bertz CT molecular complexity index is 450. The summed E-state index contributed by atoms with van der Waals surface area (Å²) in [6.07, 6.45) is -0.0139. The van der Waals surface area contributed by atoms with Crippen molar-refractivity contribution in [3.63, 3.8) is 0 Å². The molecule has 0 aromatic rings. The molecule has 3 fully saturated rings. The standard InChI is InChI=1S/C15H22O5/c1-6-7(16)18-12-10-8(14(2,3)17)9-11(19-10)13(12)20-15(9,4)5/h6,8-13,17H,1H2,2-5H3. The highest BCUT2D eigenvalue weighted by molar-refractivity contribution is 5.81. The summed E-state index contributed by atoms with van der Waals surface area (Å²) in [5.74, 6) is -0.495. The Morgan fingerprint density at radius 1 is 1.35 bits per heavy atom. The third-order valence-corrected chi connectivity index (χ3v) is 4.86. The van der Waals surface area contributed by atoms with Crippen LogP contribution in [0, 0.1) is 11.8 Å². The van der Waals surface area contributed by atoms with E-state index in [4.69, 9.17) is 14.2 Å². The molecule has 0 aliphatic carbocycles. The summed E-state index contributed by atoms with van der Waals surface area (Å²) in [7, 11) is 0. The van der Waals surface area contributed by atoms with Gasteiger partial charge in [-0.1, -0.05) is 6.58 Å². The molecule has 0 aromatic heterocycles. The fourth-order valence-electron chi connectivity index (χ4n) is 4.25. The van der Waals surface area contributed by atoms with Gasteiger partial charge in [-0.25, -0.2) is 4.79 Å². The van der Waals surface area contributed by atoms with Crippen molar-refractivity contribution in [1.29, 1.82) is 0 Å². The minimum atomic E-state index is -0.918. The van der Waals surface area contributed by atoms with E-state index in [-0.39, 0.29) is 30.1 Å². The molecular formula is C15H22O5. The topological polar surface area (TPSA) is 65.0 Å². The number of esters is 1. The maximum Gasteiger partial charge on any atom is 0.330 e. The van der Waals surface area contributed by atoms with Crippen LogP contribution in [-0.4, -0.2) is 46.7 Å². The molecule has 1 N–H and O–H groups in total. The molecule has 2 bridgehead atoms. The molecule has 5 nitrogen and oxygen atoms in total. The van der Waals surface area contributed by atoms with Gasteiger partial charge in [0.15, 0.2) is 6.10 Å². The van der Waals surface area contributed by atoms with Crippen LogP contribution in [-0.2, 0) is 19.0 Å². The van der Waals surface area contributed by atoms with Gasteiger partial charge in [0.05, 0.1) is 17.3 Å². The van der Waals surface area contributed by atoms with Crippen LogP contribution in [0.25, 0.3) is 0 Å². The summed E-state index contributed by atoms with van der Waals surface area (Å²) in [6, 6.07) is 0. The number of ether oxygens (including phenoxy) is 3. The highest BCUT2D eigenvalue weighted by atomic mass is 16.6. The summed E-state index contributed by atoms with van der Waals surface area (Å²) in [5.41, 5.74) is -1.32. The van der Waals surface area contributed by atoms with Crippen molar-refractivity contribution < 1.29 is 24.1 Å². The van der Waals surface area contributed by atoms with Gasteiger partial charge in [-0.15, -0.1) is 0 Å². The SMILES string of the molecule is C=CC(=O)OC1C2OC(C)(C)C3C2OC1C3C(C)(C)O. The van der Waals surface area contributed by atoms with E-state index in [1.807, 2.05) is 13.8 Å². The Balaban J connectivity index is 1.95. The maximum atomic E-state index is 11.5. The molecule has 0 radical (unpaired) electrons. The molecule has 5 heteroatoms. The minimum absolute atomic E-state index is 0.108. The molecule has 0 saturated carbocycles. The van der Waals surface area contributed by atoms with E-state index in [1.54, 1.807) is 13.8 Å². The summed E-state index contributed by atoms with van der Waals surface area (Å²) in [6.45, 7) is 11.0. The quantitative estimate of drug-likeness (QED) is 0.619. The molecule has 20 heavy (non-hydrogen) atoms. The van der Waals surface area contributed by atoms with Crippen molar-refractivity contribution in [2.24, 2.45) is 11.8 Å².